The smallest absolute Gasteiger partial charge is 0.311 e. The van der Waals surface area contributed by atoms with Gasteiger partial charge in [-0.2, -0.15) is 0 Å². The van der Waals surface area contributed by atoms with Crippen molar-refractivity contribution in [1.82, 2.24) is 10.2 Å². The highest BCUT2D eigenvalue weighted by Gasteiger charge is 2.29. The van der Waals surface area contributed by atoms with Crippen LogP contribution in [0.5, 0.6) is 17.2 Å². The van der Waals surface area contributed by atoms with Crippen LogP contribution in [0, 0.1) is 10.1 Å². The number of amides is 2. The van der Waals surface area contributed by atoms with Crippen molar-refractivity contribution in [1.29, 1.82) is 0 Å². The quantitative estimate of drug-likeness (QED) is 0.382. The summed E-state index contributed by atoms with van der Waals surface area (Å²) in [6, 6.07) is 10.7. The molecular weight excluding hydrogens is 454 g/mol. The van der Waals surface area contributed by atoms with Crippen molar-refractivity contribution in [2.75, 3.05) is 20.8 Å². The average molecular weight is 486 g/mol. The second kappa shape index (κ2) is 12.0. The lowest BCUT2D eigenvalue weighted by atomic mass is 10.1. The first-order chi connectivity index (χ1) is 16.8. The Morgan fingerprint density at radius 1 is 1.09 bits per heavy atom. The van der Waals surface area contributed by atoms with E-state index in [9.17, 15) is 19.7 Å². The molecule has 1 N–H and O–H groups in total. The zero-order chi connectivity index (χ0) is 25.4. The number of nitro benzene ring substituents is 1. The van der Waals surface area contributed by atoms with Crippen LogP contribution in [0.4, 0.5) is 5.69 Å². The molecule has 0 radical (unpaired) electrons. The maximum atomic E-state index is 13.2. The number of carbonyl (C=O) groups is 2. The van der Waals surface area contributed by atoms with E-state index < -0.39 is 16.9 Å². The standard InChI is InChI=1S/C25H31N3O7/c1-17(25(30)26-19-6-4-5-7-19)27(15-18-8-10-20(33-2)11-9-18)24(29)16-35-21-12-13-22(28(31)32)23(14-21)34-3/h8-14,17,19H,4-7,15-16H2,1-3H3,(H,26,30)/t17-/m1/s1. The fourth-order valence-electron chi connectivity index (χ4n) is 4.03. The van der Waals surface area contributed by atoms with Gasteiger partial charge in [0.05, 0.1) is 19.1 Å². The minimum absolute atomic E-state index is 0.0272. The topological polar surface area (TPSA) is 120 Å². The summed E-state index contributed by atoms with van der Waals surface area (Å²) >= 11 is 0. The third-order valence-electron chi connectivity index (χ3n) is 6.09. The SMILES string of the molecule is COc1ccc(CN(C(=O)COc2ccc([N+](=O)[O-])c(OC)c2)[C@H](C)C(=O)NC2CCCC2)cc1. The van der Waals surface area contributed by atoms with Gasteiger partial charge in [-0.15, -0.1) is 0 Å². The molecule has 2 aromatic rings. The number of benzene rings is 2. The summed E-state index contributed by atoms with van der Waals surface area (Å²) in [6.07, 6.45) is 4.05. The first-order valence-corrected chi connectivity index (χ1v) is 11.5. The highest BCUT2D eigenvalue weighted by Crippen LogP contribution is 2.30. The second-order valence-corrected chi connectivity index (χ2v) is 8.42. The maximum Gasteiger partial charge on any atom is 0.311 e. The van der Waals surface area contributed by atoms with Gasteiger partial charge >= 0.3 is 5.69 Å². The molecule has 0 aliphatic heterocycles. The number of ether oxygens (including phenoxy) is 3. The highest BCUT2D eigenvalue weighted by atomic mass is 16.6. The molecule has 1 atom stereocenters. The number of rotatable bonds is 11. The first kappa shape index (κ1) is 25.8. The molecule has 35 heavy (non-hydrogen) atoms. The molecule has 1 fully saturated rings. The van der Waals surface area contributed by atoms with Gasteiger partial charge in [-0.05, 0) is 43.5 Å². The van der Waals surface area contributed by atoms with E-state index in [2.05, 4.69) is 5.32 Å². The van der Waals surface area contributed by atoms with Gasteiger partial charge in [0.1, 0.15) is 17.5 Å². The molecular formula is C25H31N3O7. The van der Waals surface area contributed by atoms with Crippen molar-refractivity contribution in [3.8, 4) is 17.2 Å². The Morgan fingerprint density at radius 2 is 1.74 bits per heavy atom. The predicted molar refractivity (Wildman–Crippen MR) is 129 cm³/mol. The molecule has 0 unspecified atom stereocenters. The number of nitro groups is 1. The molecule has 0 aromatic heterocycles. The Labute approximate surface area is 204 Å². The third-order valence-corrected chi connectivity index (χ3v) is 6.09. The molecule has 188 valence electrons. The molecule has 1 aliphatic rings. The molecule has 1 aliphatic carbocycles. The normalized spacial score (nSPS) is 14.1. The van der Waals surface area contributed by atoms with Gasteiger partial charge in [0.25, 0.3) is 5.91 Å². The van der Waals surface area contributed by atoms with Crippen LogP contribution < -0.4 is 19.5 Å². The minimum atomic E-state index is -0.722. The number of nitrogens with one attached hydrogen (secondary N) is 1. The number of hydrogen-bond donors (Lipinski definition) is 1. The van der Waals surface area contributed by atoms with E-state index in [4.69, 9.17) is 14.2 Å². The largest absolute Gasteiger partial charge is 0.497 e. The summed E-state index contributed by atoms with van der Waals surface area (Å²) in [6.45, 7) is 1.55. The number of carbonyl (C=O) groups excluding carboxylic acids is 2. The predicted octanol–water partition coefficient (Wildman–Crippen LogP) is 3.47. The van der Waals surface area contributed by atoms with Crippen molar-refractivity contribution in [2.45, 2.75) is 51.2 Å². The van der Waals surface area contributed by atoms with Gasteiger partial charge in [0.15, 0.2) is 6.61 Å². The van der Waals surface area contributed by atoms with Gasteiger partial charge in [0, 0.05) is 24.7 Å². The lowest BCUT2D eigenvalue weighted by Crippen LogP contribution is -2.50. The Hall–Kier alpha value is -3.82. The van der Waals surface area contributed by atoms with E-state index >= 15 is 0 Å². The van der Waals surface area contributed by atoms with Gasteiger partial charge in [-0.25, -0.2) is 0 Å². The summed E-state index contributed by atoms with van der Waals surface area (Å²) in [7, 11) is 2.89. The van der Waals surface area contributed by atoms with Crippen LogP contribution in [0.2, 0.25) is 0 Å². The Balaban J connectivity index is 1.74. The molecule has 2 amide bonds. The van der Waals surface area contributed by atoms with E-state index in [1.165, 1.54) is 30.2 Å². The Kier molecular flexibility index (Phi) is 8.88. The molecule has 2 aromatic carbocycles. The first-order valence-electron chi connectivity index (χ1n) is 11.5. The van der Waals surface area contributed by atoms with Crippen molar-refractivity contribution in [2.24, 2.45) is 0 Å². The molecule has 0 bridgehead atoms. The van der Waals surface area contributed by atoms with Gasteiger partial charge in [-0.3, -0.25) is 19.7 Å². The fourth-order valence-corrected chi connectivity index (χ4v) is 4.03. The maximum absolute atomic E-state index is 13.2. The second-order valence-electron chi connectivity index (χ2n) is 8.42. The average Bonchev–Trinajstić information content (AvgIpc) is 3.38. The molecule has 1 saturated carbocycles. The summed E-state index contributed by atoms with van der Waals surface area (Å²) in [5.74, 6) is 0.352. The summed E-state index contributed by atoms with van der Waals surface area (Å²) in [4.78, 5) is 38.2. The van der Waals surface area contributed by atoms with Crippen molar-refractivity contribution >= 4 is 17.5 Å². The van der Waals surface area contributed by atoms with E-state index in [-0.39, 0.29) is 42.3 Å². The molecule has 10 nitrogen and oxygen atoms in total. The van der Waals surface area contributed by atoms with Gasteiger partial charge in [0.2, 0.25) is 11.7 Å². The van der Waals surface area contributed by atoms with Gasteiger partial charge < -0.3 is 24.4 Å². The zero-order valence-corrected chi connectivity index (χ0v) is 20.2. The zero-order valence-electron chi connectivity index (χ0n) is 20.2. The van der Waals surface area contributed by atoms with E-state index in [1.54, 1.807) is 26.2 Å². The Bertz CT molecular complexity index is 1040. The van der Waals surface area contributed by atoms with E-state index in [1.807, 2.05) is 12.1 Å². The van der Waals surface area contributed by atoms with Crippen molar-refractivity contribution < 1.29 is 28.7 Å². The lowest BCUT2D eigenvalue weighted by Gasteiger charge is -2.29. The summed E-state index contributed by atoms with van der Waals surface area (Å²) in [5.41, 5.74) is 0.626. The molecule has 3 rings (SSSR count). The van der Waals surface area contributed by atoms with Gasteiger partial charge in [-0.1, -0.05) is 25.0 Å². The van der Waals surface area contributed by atoms with E-state index in [0.29, 0.717) is 5.75 Å². The van der Waals surface area contributed by atoms with E-state index in [0.717, 1.165) is 31.2 Å². The van der Waals surface area contributed by atoms with Crippen LogP contribution in [0.15, 0.2) is 42.5 Å². The third kappa shape index (κ3) is 6.84. The fraction of sp³-hybridized carbons (Fsp3) is 0.440. The number of hydrogen-bond acceptors (Lipinski definition) is 7. The number of nitrogens with zero attached hydrogens (tertiary/aromatic N) is 2. The Morgan fingerprint density at radius 3 is 2.34 bits per heavy atom. The monoisotopic (exact) mass is 485 g/mol. The van der Waals surface area contributed by atoms with Crippen LogP contribution in [0.3, 0.4) is 0 Å². The molecule has 10 heteroatoms. The summed E-state index contributed by atoms with van der Waals surface area (Å²) < 4.78 is 15.9. The summed E-state index contributed by atoms with van der Waals surface area (Å²) in [5, 5.41) is 14.2. The van der Waals surface area contributed by atoms with Crippen molar-refractivity contribution in [3.05, 3.63) is 58.1 Å². The van der Waals surface area contributed by atoms with Crippen LogP contribution in [0.25, 0.3) is 0 Å². The minimum Gasteiger partial charge on any atom is -0.497 e. The highest BCUT2D eigenvalue weighted by molar-refractivity contribution is 5.88. The van der Waals surface area contributed by atoms with Crippen LogP contribution in [-0.4, -0.2) is 54.5 Å². The molecule has 0 saturated heterocycles. The van der Waals surface area contributed by atoms with Crippen LogP contribution in [-0.2, 0) is 16.1 Å². The van der Waals surface area contributed by atoms with Crippen LogP contribution in [0.1, 0.15) is 38.2 Å². The number of methoxy groups -OCH3 is 2. The lowest BCUT2D eigenvalue weighted by molar-refractivity contribution is -0.385. The molecule has 0 spiro atoms. The molecule has 0 heterocycles. The van der Waals surface area contributed by atoms with Crippen LogP contribution >= 0.6 is 0 Å². The van der Waals surface area contributed by atoms with Crippen molar-refractivity contribution in [3.63, 3.8) is 0 Å².